The maximum atomic E-state index is 8.36. The van der Waals surface area contributed by atoms with E-state index in [1.54, 1.807) is 0 Å². The Labute approximate surface area is 107 Å². The van der Waals surface area contributed by atoms with Crippen molar-refractivity contribution in [2.45, 2.75) is 65.2 Å². The molecule has 0 aromatic carbocycles. The highest BCUT2D eigenvalue weighted by molar-refractivity contribution is 4.43. The molecule has 0 rings (SSSR count). The molecule has 0 spiro atoms. The quantitative estimate of drug-likeness (QED) is 0.413. The molecule has 0 unspecified atom stereocenters. The molecule has 0 saturated heterocycles. The van der Waals surface area contributed by atoms with E-state index in [1.165, 1.54) is 51.4 Å². The molecule has 0 heterocycles. The van der Waals surface area contributed by atoms with Crippen LogP contribution in [0.15, 0.2) is 0 Å². The van der Waals surface area contributed by atoms with Crippen LogP contribution < -0.4 is 0 Å². The zero-order chi connectivity index (χ0) is 14.8. The Morgan fingerprint density at radius 3 is 1.06 bits per heavy atom. The van der Waals surface area contributed by atoms with Gasteiger partial charge < -0.3 is 10.4 Å². The van der Waals surface area contributed by atoms with Gasteiger partial charge in [-0.05, 0) is 0 Å². The second kappa shape index (κ2) is 20.8. The van der Waals surface area contributed by atoms with Gasteiger partial charge in [-0.15, -0.1) is 20.2 Å². The molecule has 2 N–H and O–H groups in total. The first-order valence-electron chi connectivity index (χ1n) is 6.04. The molecule has 8 heteroatoms. The summed E-state index contributed by atoms with van der Waals surface area (Å²) in [7, 11) is 0. The van der Waals surface area contributed by atoms with Gasteiger partial charge in [0.15, 0.2) is 0 Å². The van der Waals surface area contributed by atoms with E-state index in [9.17, 15) is 0 Å². The van der Waals surface area contributed by atoms with Crippen molar-refractivity contribution in [2.75, 3.05) is 0 Å². The molecule has 0 aromatic rings. The van der Waals surface area contributed by atoms with Crippen molar-refractivity contribution in [3.63, 3.8) is 0 Å². The van der Waals surface area contributed by atoms with Crippen molar-refractivity contribution < 1.29 is 20.6 Å². The molecule has 0 amide bonds. The van der Waals surface area contributed by atoms with Gasteiger partial charge in [-0.25, -0.2) is 0 Å². The molecule has 110 valence electrons. The van der Waals surface area contributed by atoms with Gasteiger partial charge in [-0.2, -0.15) is 0 Å². The molecule has 0 aliphatic heterocycles. The highest BCUT2D eigenvalue weighted by Crippen LogP contribution is 2.07. The van der Waals surface area contributed by atoms with Crippen molar-refractivity contribution in [3.8, 4) is 0 Å². The predicted molar refractivity (Wildman–Crippen MR) is 65.8 cm³/mol. The smallest absolute Gasteiger partial charge is 0.291 e. The first-order valence-corrected chi connectivity index (χ1v) is 6.04. The van der Waals surface area contributed by atoms with Crippen LogP contribution >= 0.6 is 0 Å². The fraction of sp³-hybridized carbons (Fsp3) is 1.00. The van der Waals surface area contributed by atoms with Gasteiger partial charge in [0.05, 0.1) is 0 Å². The zero-order valence-corrected chi connectivity index (χ0v) is 11.1. The summed E-state index contributed by atoms with van der Waals surface area (Å²) in [5, 5.41) is 27.3. The van der Waals surface area contributed by atoms with Gasteiger partial charge in [-0.1, -0.05) is 65.2 Å². The van der Waals surface area contributed by atoms with Crippen molar-refractivity contribution in [2.24, 2.45) is 0 Å². The highest BCUT2D eigenvalue weighted by atomic mass is 16.9. The summed E-state index contributed by atoms with van der Waals surface area (Å²) < 4.78 is 0. The van der Waals surface area contributed by atoms with E-state index in [-0.39, 0.29) is 0 Å². The minimum atomic E-state index is -1.50. The minimum absolute atomic E-state index is 1.37. The van der Waals surface area contributed by atoms with Crippen LogP contribution in [-0.4, -0.2) is 20.6 Å². The maximum absolute atomic E-state index is 8.36. The molecule has 0 aliphatic carbocycles. The first kappa shape index (κ1) is 21.7. The van der Waals surface area contributed by atoms with Crippen LogP contribution in [0.1, 0.15) is 65.2 Å². The summed E-state index contributed by atoms with van der Waals surface area (Å²) in [4.78, 5) is 16.7. The lowest BCUT2D eigenvalue weighted by Crippen LogP contribution is -1.81. The molecular formula is C10H24N2O6. The molecule has 8 nitrogen and oxygen atoms in total. The highest BCUT2D eigenvalue weighted by Gasteiger charge is 1.87. The van der Waals surface area contributed by atoms with E-state index in [4.69, 9.17) is 30.6 Å². The summed E-state index contributed by atoms with van der Waals surface area (Å²) in [6.07, 6.45) is 11.5. The Hall–Kier alpha value is -1.60. The van der Waals surface area contributed by atoms with E-state index in [0.717, 1.165) is 0 Å². The number of rotatable bonds is 7. The summed E-state index contributed by atoms with van der Waals surface area (Å²) in [5.74, 6) is 0. The molecule has 0 fully saturated rings. The first-order chi connectivity index (χ1) is 8.38. The van der Waals surface area contributed by atoms with E-state index in [0.29, 0.717) is 0 Å². The fourth-order valence-corrected chi connectivity index (χ4v) is 1.21. The second-order valence-corrected chi connectivity index (χ2v) is 3.60. The topological polar surface area (TPSA) is 127 Å². The molecular weight excluding hydrogens is 244 g/mol. The van der Waals surface area contributed by atoms with Crippen LogP contribution in [0.5, 0.6) is 0 Å². The van der Waals surface area contributed by atoms with Crippen molar-refractivity contribution >= 4 is 0 Å². The molecule has 18 heavy (non-hydrogen) atoms. The average Bonchev–Trinajstić information content (AvgIpc) is 2.22. The summed E-state index contributed by atoms with van der Waals surface area (Å²) >= 11 is 0. The van der Waals surface area contributed by atoms with Gasteiger partial charge in [0.25, 0.3) is 10.2 Å². The molecule has 0 saturated carbocycles. The van der Waals surface area contributed by atoms with Crippen LogP contribution in [0, 0.1) is 20.2 Å². The Kier molecular flexibility index (Phi) is 25.0. The van der Waals surface area contributed by atoms with E-state index < -0.39 is 10.2 Å². The lowest BCUT2D eigenvalue weighted by molar-refractivity contribution is -0.742. The molecule has 0 radical (unpaired) electrons. The van der Waals surface area contributed by atoms with Crippen molar-refractivity contribution in [3.05, 3.63) is 20.2 Å². The van der Waals surface area contributed by atoms with Gasteiger partial charge >= 0.3 is 0 Å². The average molecular weight is 268 g/mol. The van der Waals surface area contributed by atoms with Crippen LogP contribution in [0.2, 0.25) is 0 Å². The molecule has 0 aliphatic rings. The van der Waals surface area contributed by atoms with Gasteiger partial charge in [-0.3, -0.25) is 0 Å². The Morgan fingerprint density at radius 1 is 0.722 bits per heavy atom. The Morgan fingerprint density at radius 2 is 0.889 bits per heavy atom. The summed E-state index contributed by atoms with van der Waals surface area (Å²) in [5.41, 5.74) is 0. The normalized spacial score (nSPS) is 8.33. The monoisotopic (exact) mass is 268 g/mol. The number of hydrogen-bond acceptors (Lipinski definition) is 4. The number of nitrogens with zero attached hydrogens (tertiary/aromatic N) is 2. The van der Waals surface area contributed by atoms with E-state index in [1.807, 2.05) is 0 Å². The lowest BCUT2D eigenvalue weighted by atomic mass is 10.1. The van der Waals surface area contributed by atoms with Crippen LogP contribution in [0.3, 0.4) is 0 Å². The maximum Gasteiger partial charge on any atom is 0.291 e. The standard InChI is InChI=1S/C10H22.2HNO3/c1-3-5-7-9-10-8-6-4-2;2*2-1(3)4/h3-10H2,1-2H3;2*(H,2,3,4). The molecule has 0 atom stereocenters. The van der Waals surface area contributed by atoms with Crippen LogP contribution in [0.25, 0.3) is 0 Å². The van der Waals surface area contributed by atoms with Gasteiger partial charge in [0, 0.05) is 0 Å². The number of unbranched alkanes of at least 4 members (excludes halogenated alkanes) is 7. The third-order valence-corrected chi connectivity index (χ3v) is 1.96. The third-order valence-electron chi connectivity index (χ3n) is 1.96. The predicted octanol–water partition coefficient (Wildman–Crippen LogP) is 3.45. The zero-order valence-electron chi connectivity index (χ0n) is 11.1. The van der Waals surface area contributed by atoms with E-state index >= 15 is 0 Å². The molecule has 0 aromatic heterocycles. The van der Waals surface area contributed by atoms with E-state index in [2.05, 4.69) is 13.8 Å². The third kappa shape index (κ3) is 88.7. The summed E-state index contributed by atoms with van der Waals surface area (Å²) in [6.45, 7) is 4.54. The second-order valence-electron chi connectivity index (χ2n) is 3.60. The number of hydrogen-bond donors (Lipinski definition) is 2. The van der Waals surface area contributed by atoms with Crippen molar-refractivity contribution in [1.82, 2.24) is 0 Å². The largest absolute Gasteiger partial charge is 0.328 e. The fourth-order valence-electron chi connectivity index (χ4n) is 1.21. The molecule has 0 bridgehead atoms. The Bertz CT molecular complexity index is 161. The van der Waals surface area contributed by atoms with Crippen LogP contribution in [0.4, 0.5) is 0 Å². The summed E-state index contributed by atoms with van der Waals surface area (Å²) in [6, 6.07) is 0. The minimum Gasteiger partial charge on any atom is -0.328 e. The SMILES string of the molecule is CCCCCCCCCC.O=[N+]([O-])O.O=[N+]([O-])O. The Balaban J connectivity index is -0.000000233. The lowest BCUT2D eigenvalue weighted by Gasteiger charge is -1.97. The van der Waals surface area contributed by atoms with Gasteiger partial charge in [0.1, 0.15) is 0 Å². The van der Waals surface area contributed by atoms with Crippen LogP contribution in [-0.2, 0) is 0 Å². The van der Waals surface area contributed by atoms with Gasteiger partial charge in [0.2, 0.25) is 0 Å². The van der Waals surface area contributed by atoms with Crippen molar-refractivity contribution in [1.29, 1.82) is 0 Å².